The number of carboxylic acid groups (broad SMARTS) is 1. The second-order valence-electron chi connectivity index (χ2n) is 11.6. The number of carboxylic acids is 1. The fourth-order valence-corrected chi connectivity index (χ4v) is 6.10. The zero-order valence-electron chi connectivity index (χ0n) is 27.6. The van der Waals surface area contributed by atoms with E-state index in [2.05, 4.69) is 6.92 Å². The van der Waals surface area contributed by atoms with Gasteiger partial charge in [0.1, 0.15) is 5.75 Å². The molecule has 7 heteroatoms. The first-order chi connectivity index (χ1) is 23.2. The molecular formula is C41H38O7. The molecule has 0 aliphatic rings. The summed E-state index contributed by atoms with van der Waals surface area (Å²) < 4.78 is 10.8. The van der Waals surface area contributed by atoms with Gasteiger partial charge in [0.05, 0.1) is 24.8 Å². The average molecular weight is 643 g/mol. The number of aryl methyl sites for hydroxylation is 2. The molecule has 1 N–H and O–H groups in total. The summed E-state index contributed by atoms with van der Waals surface area (Å²) in [6, 6.07) is 25.8. The van der Waals surface area contributed by atoms with E-state index in [1.807, 2.05) is 49.4 Å². The van der Waals surface area contributed by atoms with Crippen LogP contribution in [-0.4, -0.2) is 42.3 Å². The maximum Gasteiger partial charge on any atom is 0.338 e. The second-order valence-corrected chi connectivity index (χ2v) is 11.6. The molecule has 0 bridgehead atoms. The first kappa shape index (κ1) is 33.8. The van der Waals surface area contributed by atoms with Crippen molar-refractivity contribution >= 4 is 34.3 Å². The number of ether oxygens (including phenoxy) is 2. The van der Waals surface area contributed by atoms with Gasteiger partial charge in [-0.15, -0.1) is 0 Å². The van der Waals surface area contributed by atoms with Crippen LogP contribution in [0.1, 0.15) is 96.8 Å². The minimum atomic E-state index is -1.26. The Balaban J connectivity index is 1.96. The number of rotatable bonds is 13. The van der Waals surface area contributed by atoms with Crippen LogP contribution in [-0.2, 0) is 11.2 Å². The smallest absolute Gasteiger partial charge is 0.338 e. The first-order valence-corrected chi connectivity index (χ1v) is 16.1. The molecule has 0 aliphatic heterocycles. The Morgan fingerprint density at radius 2 is 1.31 bits per heavy atom. The Morgan fingerprint density at radius 1 is 0.708 bits per heavy atom. The van der Waals surface area contributed by atoms with Gasteiger partial charge in [-0.25, -0.2) is 9.59 Å². The van der Waals surface area contributed by atoms with Gasteiger partial charge in [0.15, 0.2) is 11.6 Å². The minimum absolute atomic E-state index is 0.0394. The van der Waals surface area contributed by atoms with Gasteiger partial charge >= 0.3 is 11.9 Å². The molecule has 48 heavy (non-hydrogen) atoms. The van der Waals surface area contributed by atoms with Gasteiger partial charge in [0.2, 0.25) is 0 Å². The van der Waals surface area contributed by atoms with Crippen molar-refractivity contribution in [3.05, 3.63) is 136 Å². The zero-order valence-corrected chi connectivity index (χ0v) is 27.6. The van der Waals surface area contributed by atoms with Gasteiger partial charge in [0.25, 0.3) is 0 Å². The van der Waals surface area contributed by atoms with Crippen molar-refractivity contribution in [1.29, 1.82) is 0 Å². The third kappa shape index (κ3) is 6.76. The van der Waals surface area contributed by atoms with Crippen molar-refractivity contribution in [3.8, 4) is 16.9 Å². The van der Waals surface area contributed by atoms with Crippen molar-refractivity contribution in [2.45, 2.75) is 46.5 Å². The number of benzene rings is 5. The summed E-state index contributed by atoms with van der Waals surface area (Å²) >= 11 is 0. The summed E-state index contributed by atoms with van der Waals surface area (Å²) in [7, 11) is 1.53. The number of hydrogen-bond acceptors (Lipinski definition) is 6. The van der Waals surface area contributed by atoms with Gasteiger partial charge in [-0.3, -0.25) is 9.59 Å². The van der Waals surface area contributed by atoms with Crippen molar-refractivity contribution in [2.24, 2.45) is 0 Å². The monoisotopic (exact) mass is 642 g/mol. The number of ketones is 2. The molecule has 244 valence electrons. The van der Waals surface area contributed by atoms with Crippen molar-refractivity contribution in [1.82, 2.24) is 0 Å². The SMILES string of the molecule is CCCCCc1c(C(=O)c2ccc(C)cc2)c(C(=O)O)cc2c(-c3ccccc3)c(C(=O)c3ccc(OC)cc3)c(C(=O)OCC)cc12. The molecule has 0 radical (unpaired) electrons. The fraction of sp³-hybridized carbons (Fsp3) is 0.220. The number of carbonyl (C=O) groups is 4. The summed E-state index contributed by atoms with van der Waals surface area (Å²) in [5.74, 6) is -2.25. The Hall–Kier alpha value is -5.56. The molecule has 0 saturated heterocycles. The van der Waals surface area contributed by atoms with Crippen LogP contribution in [0, 0.1) is 6.92 Å². The number of carbonyl (C=O) groups excluding carboxylic acids is 3. The highest BCUT2D eigenvalue weighted by molar-refractivity contribution is 6.25. The number of hydrogen-bond donors (Lipinski definition) is 1. The van der Waals surface area contributed by atoms with E-state index < -0.39 is 23.5 Å². The molecule has 7 nitrogen and oxygen atoms in total. The van der Waals surface area contributed by atoms with E-state index in [1.54, 1.807) is 49.4 Å². The Kier molecular flexibility index (Phi) is 10.5. The number of fused-ring (bicyclic) bond motifs is 1. The van der Waals surface area contributed by atoms with E-state index in [0.717, 1.165) is 18.4 Å². The van der Waals surface area contributed by atoms with E-state index in [9.17, 15) is 24.3 Å². The highest BCUT2D eigenvalue weighted by Gasteiger charge is 2.31. The molecule has 0 atom stereocenters. The number of aromatic carboxylic acids is 1. The van der Waals surface area contributed by atoms with Crippen LogP contribution in [0.4, 0.5) is 0 Å². The van der Waals surface area contributed by atoms with E-state index >= 15 is 0 Å². The zero-order chi connectivity index (χ0) is 34.4. The van der Waals surface area contributed by atoms with Crippen LogP contribution in [0.25, 0.3) is 21.9 Å². The quantitative estimate of drug-likeness (QED) is 0.0776. The molecule has 0 unspecified atom stereocenters. The summed E-state index contributed by atoms with van der Waals surface area (Å²) in [5.41, 5.74) is 3.21. The van der Waals surface area contributed by atoms with E-state index in [1.165, 1.54) is 13.2 Å². The van der Waals surface area contributed by atoms with Gasteiger partial charge < -0.3 is 14.6 Å². The molecule has 5 rings (SSSR count). The Bertz CT molecular complexity index is 1990. The van der Waals surface area contributed by atoms with E-state index in [0.29, 0.717) is 57.2 Å². The Morgan fingerprint density at radius 3 is 1.90 bits per heavy atom. The second kappa shape index (κ2) is 14.9. The predicted molar refractivity (Wildman–Crippen MR) is 187 cm³/mol. The molecule has 5 aromatic carbocycles. The molecule has 0 heterocycles. The lowest BCUT2D eigenvalue weighted by atomic mass is 9.80. The van der Waals surface area contributed by atoms with Gasteiger partial charge in [0, 0.05) is 27.8 Å². The molecule has 5 aromatic rings. The Labute approximate surface area is 280 Å². The van der Waals surface area contributed by atoms with Crippen molar-refractivity contribution in [2.75, 3.05) is 13.7 Å². The number of unbranched alkanes of at least 4 members (excludes halogenated alkanes) is 2. The molecule has 0 aliphatic carbocycles. The van der Waals surface area contributed by atoms with Crippen LogP contribution in [0.3, 0.4) is 0 Å². The summed E-state index contributed by atoms with van der Waals surface area (Å²) in [6.45, 7) is 5.74. The molecule has 0 amide bonds. The fourth-order valence-electron chi connectivity index (χ4n) is 6.10. The van der Waals surface area contributed by atoms with Crippen molar-refractivity contribution < 1.29 is 33.8 Å². The summed E-state index contributed by atoms with van der Waals surface area (Å²) in [4.78, 5) is 55.6. The third-order valence-corrected chi connectivity index (χ3v) is 8.49. The van der Waals surface area contributed by atoms with Crippen LogP contribution in [0.5, 0.6) is 5.75 Å². The lowest BCUT2D eigenvalue weighted by Crippen LogP contribution is -2.18. The molecule has 0 spiro atoms. The average Bonchev–Trinajstić information content (AvgIpc) is 3.10. The van der Waals surface area contributed by atoms with Gasteiger partial charge in [-0.1, -0.05) is 79.9 Å². The lowest BCUT2D eigenvalue weighted by Gasteiger charge is -2.22. The number of esters is 1. The normalized spacial score (nSPS) is 10.9. The first-order valence-electron chi connectivity index (χ1n) is 16.1. The highest BCUT2D eigenvalue weighted by atomic mass is 16.5. The largest absolute Gasteiger partial charge is 0.497 e. The van der Waals surface area contributed by atoms with Crippen LogP contribution in [0.15, 0.2) is 91.0 Å². The number of methoxy groups -OCH3 is 1. The highest BCUT2D eigenvalue weighted by Crippen LogP contribution is 2.41. The molecule has 0 aromatic heterocycles. The van der Waals surface area contributed by atoms with Gasteiger partial charge in [-0.05, 0) is 85.0 Å². The predicted octanol–water partition coefficient (Wildman–Crippen LogP) is 8.89. The van der Waals surface area contributed by atoms with Crippen molar-refractivity contribution in [3.63, 3.8) is 0 Å². The molecule has 0 saturated carbocycles. The summed E-state index contributed by atoms with van der Waals surface area (Å²) in [6.07, 6.45) is 2.83. The minimum Gasteiger partial charge on any atom is -0.497 e. The van der Waals surface area contributed by atoms with Crippen LogP contribution < -0.4 is 4.74 Å². The maximum atomic E-state index is 14.5. The molecule has 0 fully saturated rings. The van der Waals surface area contributed by atoms with Crippen LogP contribution in [0.2, 0.25) is 0 Å². The van der Waals surface area contributed by atoms with Crippen LogP contribution >= 0.6 is 0 Å². The third-order valence-electron chi connectivity index (χ3n) is 8.49. The van der Waals surface area contributed by atoms with E-state index in [-0.39, 0.29) is 28.9 Å². The maximum absolute atomic E-state index is 14.5. The van der Waals surface area contributed by atoms with E-state index in [4.69, 9.17) is 9.47 Å². The standard InChI is InChI=1S/C41H38O7/c1-5-7-9-14-30-31-23-34(41(46)48-6-2)37(39(43)28-19-21-29(47-4)22-20-28)35(26-12-10-8-11-13-26)32(31)24-33(40(44)45)36(30)38(42)27-17-15-25(3)16-18-27/h8,10-13,15-24H,5-7,9,14H2,1-4H3,(H,44,45). The van der Waals surface area contributed by atoms with Gasteiger partial charge in [-0.2, -0.15) is 0 Å². The molecular weight excluding hydrogens is 604 g/mol. The lowest BCUT2D eigenvalue weighted by molar-refractivity contribution is 0.0523. The summed E-state index contributed by atoms with van der Waals surface area (Å²) in [5, 5.41) is 11.6. The topological polar surface area (TPSA) is 107 Å².